The van der Waals surface area contributed by atoms with E-state index in [0.29, 0.717) is 10.8 Å². The molecule has 1 saturated heterocycles. The van der Waals surface area contributed by atoms with Crippen LogP contribution in [-0.2, 0) is 15.3 Å². The molecular formula is C13H13FO3S. The molecule has 0 radical (unpaired) electrons. The normalized spacial score (nSPS) is 15.8. The van der Waals surface area contributed by atoms with Gasteiger partial charge in [0.1, 0.15) is 5.82 Å². The summed E-state index contributed by atoms with van der Waals surface area (Å²) in [5.41, 5.74) is 1.55. The van der Waals surface area contributed by atoms with E-state index in [1.165, 1.54) is 18.2 Å². The summed E-state index contributed by atoms with van der Waals surface area (Å²) < 4.78 is 18.2. The minimum Gasteiger partial charge on any atom is -0.478 e. The molecule has 1 fully saturated rings. The number of carboxylic acid groups (broad SMARTS) is 1. The molecule has 1 heterocycles. The lowest BCUT2D eigenvalue weighted by Gasteiger charge is -2.25. The average molecular weight is 268 g/mol. The van der Waals surface area contributed by atoms with Crippen LogP contribution in [0.15, 0.2) is 24.3 Å². The van der Waals surface area contributed by atoms with E-state index in [-0.39, 0.29) is 5.82 Å². The number of hydrogen-bond donors (Lipinski definition) is 1. The van der Waals surface area contributed by atoms with Gasteiger partial charge in [-0.05, 0) is 29.3 Å². The molecule has 1 aliphatic rings. The largest absolute Gasteiger partial charge is 0.478 e. The molecule has 3 nitrogen and oxygen atoms in total. The Morgan fingerprint density at radius 1 is 1.56 bits per heavy atom. The number of halogens is 1. The van der Waals surface area contributed by atoms with Crippen molar-refractivity contribution < 1.29 is 19.0 Å². The lowest BCUT2D eigenvalue weighted by Crippen LogP contribution is -2.30. The van der Waals surface area contributed by atoms with E-state index in [0.717, 1.165) is 30.6 Å². The van der Waals surface area contributed by atoms with Crippen LogP contribution in [0.1, 0.15) is 11.1 Å². The molecule has 0 aliphatic carbocycles. The first-order chi connectivity index (χ1) is 8.65. The highest BCUT2D eigenvalue weighted by Crippen LogP contribution is 2.26. The van der Waals surface area contributed by atoms with Crippen molar-refractivity contribution in [3.8, 4) is 0 Å². The first-order valence-electron chi connectivity index (χ1n) is 5.54. The van der Waals surface area contributed by atoms with E-state index in [1.54, 1.807) is 17.8 Å². The third kappa shape index (κ3) is 3.58. The van der Waals surface area contributed by atoms with Gasteiger partial charge in [-0.25, -0.2) is 9.18 Å². The monoisotopic (exact) mass is 268 g/mol. The van der Waals surface area contributed by atoms with Gasteiger partial charge < -0.3 is 9.84 Å². The van der Waals surface area contributed by atoms with Crippen molar-refractivity contribution in [3.05, 3.63) is 41.2 Å². The molecule has 0 spiro atoms. The number of rotatable bonds is 5. The fourth-order valence-electron chi connectivity index (χ4n) is 1.53. The lowest BCUT2D eigenvalue weighted by atomic mass is 10.1. The van der Waals surface area contributed by atoms with Crippen molar-refractivity contribution in [1.29, 1.82) is 0 Å². The number of hydrogen-bond acceptors (Lipinski definition) is 3. The van der Waals surface area contributed by atoms with Crippen LogP contribution < -0.4 is 0 Å². The van der Waals surface area contributed by atoms with E-state index in [2.05, 4.69) is 0 Å². The number of ether oxygens (including phenoxy) is 1. The maximum Gasteiger partial charge on any atom is 0.328 e. The van der Waals surface area contributed by atoms with Gasteiger partial charge in [-0.1, -0.05) is 6.07 Å². The Hall–Kier alpha value is -1.33. The van der Waals surface area contributed by atoms with Crippen molar-refractivity contribution in [1.82, 2.24) is 0 Å². The minimum absolute atomic E-state index is 0.360. The van der Waals surface area contributed by atoms with Crippen LogP contribution in [0.5, 0.6) is 0 Å². The maximum atomic E-state index is 13.1. The van der Waals surface area contributed by atoms with E-state index >= 15 is 0 Å². The number of thioether (sulfide) groups is 1. The summed E-state index contributed by atoms with van der Waals surface area (Å²) >= 11 is 1.74. The fourth-order valence-corrected chi connectivity index (χ4v) is 2.59. The zero-order chi connectivity index (χ0) is 13.0. The first kappa shape index (κ1) is 13.1. The third-order valence-corrected chi connectivity index (χ3v) is 3.82. The Kier molecular flexibility index (Phi) is 4.38. The Morgan fingerprint density at radius 2 is 2.33 bits per heavy atom. The minimum atomic E-state index is -1.04. The van der Waals surface area contributed by atoms with Crippen LogP contribution in [0.3, 0.4) is 0 Å². The summed E-state index contributed by atoms with van der Waals surface area (Å²) in [5, 5.41) is 9.09. The molecule has 5 heteroatoms. The van der Waals surface area contributed by atoms with Gasteiger partial charge in [0, 0.05) is 11.8 Å². The number of carboxylic acids is 1. The van der Waals surface area contributed by atoms with Crippen molar-refractivity contribution in [2.75, 3.05) is 13.2 Å². The van der Waals surface area contributed by atoms with Crippen molar-refractivity contribution >= 4 is 23.8 Å². The smallest absolute Gasteiger partial charge is 0.328 e. The van der Waals surface area contributed by atoms with Gasteiger partial charge in [-0.2, -0.15) is 0 Å². The van der Waals surface area contributed by atoms with Gasteiger partial charge in [0.05, 0.1) is 18.5 Å². The van der Waals surface area contributed by atoms with Crippen LogP contribution in [0.2, 0.25) is 0 Å². The first-order valence-corrected chi connectivity index (χ1v) is 6.59. The summed E-state index contributed by atoms with van der Waals surface area (Å²) in [6.07, 6.45) is 2.45. The Balaban J connectivity index is 2.08. The highest BCUT2D eigenvalue weighted by molar-refractivity contribution is 7.99. The van der Waals surface area contributed by atoms with Gasteiger partial charge in [0.2, 0.25) is 0 Å². The van der Waals surface area contributed by atoms with Gasteiger partial charge in [-0.15, -0.1) is 11.8 Å². The van der Waals surface area contributed by atoms with E-state index in [9.17, 15) is 9.18 Å². The summed E-state index contributed by atoms with van der Waals surface area (Å²) in [6, 6.07) is 4.45. The molecule has 1 aromatic carbocycles. The maximum absolute atomic E-state index is 13.1. The molecule has 0 atom stereocenters. The van der Waals surface area contributed by atoms with Crippen LogP contribution in [0.25, 0.3) is 6.08 Å². The van der Waals surface area contributed by atoms with Crippen LogP contribution in [0.4, 0.5) is 4.39 Å². The molecule has 0 unspecified atom stereocenters. The quantitative estimate of drug-likeness (QED) is 0.834. The predicted octanol–water partition coefficient (Wildman–Crippen LogP) is 2.56. The van der Waals surface area contributed by atoms with Crippen molar-refractivity contribution in [3.63, 3.8) is 0 Å². The molecule has 96 valence electrons. The highest BCUT2D eigenvalue weighted by Gasteiger charge is 2.18. The number of carbonyl (C=O) groups is 1. The molecule has 1 N–H and O–H groups in total. The molecule has 0 saturated carbocycles. The van der Waals surface area contributed by atoms with Crippen LogP contribution in [-0.4, -0.2) is 29.5 Å². The molecule has 0 aromatic heterocycles. The molecule has 0 amide bonds. The average Bonchev–Trinajstić information content (AvgIpc) is 2.26. The third-order valence-electron chi connectivity index (χ3n) is 2.60. The van der Waals surface area contributed by atoms with Crippen LogP contribution in [0, 0.1) is 5.82 Å². The molecule has 1 aromatic rings. The SMILES string of the molecule is O=C(O)C=Cc1cc(F)ccc1CSC1COC1. The second kappa shape index (κ2) is 6.02. The zero-order valence-electron chi connectivity index (χ0n) is 9.64. The molecular weight excluding hydrogens is 255 g/mol. The zero-order valence-corrected chi connectivity index (χ0v) is 10.5. The number of benzene rings is 1. The van der Waals surface area contributed by atoms with Gasteiger partial charge in [-0.3, -0.25) is 0 Å². The lowest BCUT2D eigenvalue weighted by molar-refractivity contribution is -0.131. The van der Waals surface area contributed by atoms with E-state index in [4.69, 9.17) is 9.84 Å². The second-order valence-electron chi connectivity index (χ2n) is 3.99. The highest BCUT2D eigenvalue weighted by atomic mass is 32.2. The summed E-state index contributed by atoms with van der Waals surface area (Å²) in [6.45, 7) is 1.51. The van der Waals surface area contributed by atoms with Crippen molar-refractivity contribution in [2.24, 2.45) is 0 Å². The standard InChI is InChI=1S/C13H13FO3S/c14-11-3-1-10(8-18-12-6-17-7-12)9(5-11)2-4-13(15)16/h1-5,12H,6-8H2,(H,15,16). The summed E-state index contributed by atoms with van der Waals surface area (Å²) in [4.78, 5) is 10.5. The van der Waals surface area contributed by atoms with Crippen molar-refractivity contribution in [2.45, 2.75) is 11.0 Å². The van der Waals surface area contributed by atoms with Gasteiger partial charge in [0.15, 0.2) is 0 Å². The van der Waals surface area contributed by atoms with Crippen LogP contribution >= 0.6 is 11.8 Å². The molecule has 18 heavy (non-hydrogen) atoms. The fraction of sp³-hybridized carbons (Fsp3) is 0.308. The Morgan fingerprint density at radius 3 is 2.94 bits per heavy atom. The predicted molar refractivity (Wildman–Crippen MR) is 69.0 cm³/mol. The molecule has 0 bridgehead atoms. The van der Waals surface area contributed by atoms with E-state index < -0.39 is 5.97 Å². The van der Waals surface area contributed by atoms with Gasteiger partial charge in [0.25, 0.3) is 0 Å². The number of aliphatic carboxylic acids is 1. The summed E-state index contributed by atoms with van der Waals surface area (Å²) in [5.74, 6) is -0.667. The Bertz CT molecular complexity index is 469. The molecule has 1 aliphatic heterocycles. The summed E-state index contributed by atoms with van der Waals surface area (Å²) in [7, 11) is 0. The molecule has 2 rings (SSSR count). The van der Waals surface area contributed by atoms with E-state index in [1.807, 2.05) is 0 Å². The topological polar surface area (TPSA) is 46.5 Å². The van der Waals surface area contributed by atoms with Gasteiger partial charge >= 0.3 is 5.97 Å². The second-order valence-corrected chi connectivity index (χ2v) is 5.27. The Labute approximate surface area is 109 Å².